The van der Waals surface area contributed by atoms with E-state index >= 15 is 0 Å². The summed E-state index contributed by atoms with van der Waals surface area (Å²) in [5, 5.41) is 0.811. The summed E-state index contributed by atoms with van der Waals surface area (Å²) in [7, 11) is 1.64. The highest BCUT2D eigenvalue weighted by atomic mass is 32.1. The molecule has 0 bridgehead atoms. The highest BCUT2D eigenvalue weighted by Gasteiger charge is 2.22. The predicted molar refractivity (Wildman–Crippen MR) is 129 cm³/mol. The van der Waals surface area contributed by atoms with Crippen LogP contribution >= 0.6 is 11.3 Å². The fourth-order valence-electron chi connectivity index (χ4n) is 4.38. The summed E-state index contributed by atoms with van der Waals surface area (Å²) in [5.74, 6) is 2.24. The molecular formula is C26H26N2O3S. The number of benzene rings is 2. The van der Waals surface area contributed by atoms with Gasteiger partial charge in [-0.05, 0) is 68.5 Å². The fraction of sp³-hybridized carbons (Fsp3) is 0.308. The van der Waals surface area contributed by atoms with Crippen LogP contribution in [0.25, 0.3) is 21.6 Å². The largest absolute Gasteiger partial charge is 0.497 e. The molecule has 0 fully saturated rings. The first-order valence-electron chi connectivity index (χ1n) is 11.0. The molecule has 1 aliphatic rings. The molecule has 5 nitrogen and oxygen atoms in total. The maximum Gasteiger partial charge on any atom is 0.262 e. The molecule has 32 heavy (non-hydrogen) atoms. The van der Waals surface area contributed by atoms with Crippen molar-refractivity contribution in [3.8, 4) is 22.9 Å². The molecule has 0 aliphatic heterocycles. The van der Waals surface area contributed by atoms with Gasteiger partial charge in [-0.1, -0.05) is 23.8 Å². The van der Waals surface area contributed by atoms with Crippen LogP contribution < -0.4 is 15.0 Å². The summed E-state index contributed by atoms with van der Waals surface area (Å²) in [6.45, 7) is 2.87. The smallest absolute Gasteiger partial charge is 0.262 e. The van der Waals surface area contributed by atoms with Crippen molar-refractivity contribution in [1.29, 1.82) is 0 Å². The molecule has 0 atom stereocenters. The summed E-state index contributed by atoms with van der Waals surface area (Å²) < 4.78 is 12.9. The van der Waals surface area contributed by atoms with E-state index in [0.29, 0.717) is 19.0 Å². The van der Waals surface area contributed by atoms with E-state index in [1.807, 2.05) is 36.4 Å². The maximum atomic E-state index is 13.7. The lowest BCUT2D eigenvalue weighted by molar-refractivity contribution is 0.296. The zero-order valence-electron chi connectivity index (χ0n) is 18.4. The first-order chi connectivity index (χ1) is 15.6. The third-order valence-corrected chi connectivity index (χ3v) is 7.18. The van der Waals surface area contributed by atoms with Crippen LogP contribution in [0.1, 0.15) is 28.8 Å². The number of fused-ring (bicyclic) bond motifs is 3. The third-order valence-electron chi connectivity index (χ3n) is 5.99. The van der Waals surface area contributed by atoms with Gasteiger partial charge in [-0.25, -0.2) is 4.98 Å². The Balaban J connectivity index is 1.54. The molecule has 0 saturated carbocycles. The van der Waals surface area contributed by atoms with Gasteiger partial charge in [0, 0.05) is 10.4 Å². The van der Waals surface area contributed by atoms with E-state index < -0.39 is 0 Å². The number of rotatable bonds is 6. The van der Waals surface area contributed by atoms with Gasteiger partial charge < -0.3 is 9.47 Å². The van der Waals surface area contributed by atoms with Gasteiger partial charge in [0.1, 0.15) is 28.8 Å². The van der Waals surface area contributed by atoms with Crippen LogP contribution in [0.4, 0.5) is 0 Å². The lowest BCUT2D eigenvalue weighted by Crippen LogP contribution is -2.26. The van der Waals surface area contributed by atoms with Crippen molar-refractivity contribution in [2.75, 3.05) is 13.7 Å². The van der Waals surface area contributed by atoms with E-state index in [1.165, 1.54) is 16.9 Å². The molecule has 0 saturated heterocycles. The van der Waals surface area contributed by atoms with Gasteiger partial charge in [0.05, 0.1) is 19.0 Å². The molecule has 2 aromatic heterocycles. The zero-order chi connectivity index (χ0) is 22.1. The monoisotopic (exact) mass is 446 g/mol. The van der Waals surface area contributed by atoms with E-state index in [2.05, 4.69) is 19.1 Å². The zero-order valence-corrected chi connectivity index (χ0v) is 19.2. The van der Waals surface area contributed by atoms with Gasteiger partial charge in [-0.2, -0.15) is 0 Å². The summed E-state index contributed by atoms with van der Waals surface area (Å²) in [4.78, 5) is 20.9. The van der Waals surface area contributed by atoms with Crippen molar-refractivity contribution < 1.29 is 9.47 Å². The second-order valence-electron chi connectivity index (χ2n) is 8.18. The van der Waals surface area contributed by atoms with Gasteiger partial charge >= 0.3 is 0 Å². The topological polar surface area (TPSA) is 53.4 Å². The van der Waals surface area contributed by atoms with Crippen molar-refractivity contribution in [1.82, 2.24) is 9.55 Å². The molecule has 1 aliphatic carbocycles. The molecule has 0 spiro atoms. The molecule has 5 rings (SSSR count). The van der Waals surface area contributed by atoms with E-state index in [9.17, 15) is 4.79 Å². The standard InChI is InChI=1S/C26H26N2O3S/c1-17-6-5-7-18(16-17)24-27-25-23(21-8-3-4-9-22(21)32-25)26(29)28(24)14-15-31-20-12-10-19(30-2)11-13-20/h5-7,10-13,16H,3-4,8-9,14-15H2,1-2H3. The van der Waals surface area contributed by atoms with Gasteiger partial charge in [-0.3, -0.25) is 9.36 Å². The summed E-state index contributed by atoms with van der Waals surface area (Å²) in [6.07, 6.45) is 4.35. The molecule has 6 heteroatoms. The number of hydrogen-bond donors (Lipinski definition) is 0. The molecule has 0 radical (unpaired) electrons. The molecule has 164 valence electrons. The molecule has 0 N–H and O–H groups in total. The average molecular weight is 447 g/mol. The van der Waals surface area contributed by atoms with Crippen LogP contribution in [0.2, 0.25) is 0 Å². The third kappa shape index (κ3) is 3.91. The minimum atomic E-state index is 0.0456. The number of aryl methyl sites for hydroxylation is 3. The maximum absolute atomic E-state index is 13.7. The molecule has 4 aromatic rings. The van der Waals surface area contributed by atoms with Gasteiger partial charge in [-0.15, -0.1) is 11.3 Å². The van der Waals surface area contributed by atoms with Crippen molar-refractivity contribution in [3.63, 3.8) is 0 Å². The van der Waals surface area contributed by atoms with Crippen LogP contribution in [-0.2, 0) is 19.4 Å². The van der Waals surface area contributed by atoms with Gasteiger partial charge in [0.25, 0.3) is 5.56 Å². The highest BCUT2D eigenvalue weighted by molar-refractivity contribution is 7.18. The average Bonchev–Trinajstić information content (AvgIpc) is 3.19. The quantitative estimate of drug-likeness (QED) is 0.398. The Labute approximate surface area is 191 Å². The van der Waals surface area contributed by atoms with Gasteiger partial charge in [0.15, 0.2) is 0 Å². The number of hydrogen-bond acceptors (Lipinski definition) is 5. The van der Waals surface area contributed by atoms with Crippen LogP contribution in [0.5, 0.6) is 11.5 Å². The predicted octanol–water partition coefficient (Wildman–Crippen LogP) is 5.40. The van der Waals surface area contributed by atoms with Crippen LogP contribution in [0.3, 0.4) is 0 Å². The van der Waals surface area contributed by atoms with Crippen LogP contribution in [-0.4, -0.2) is 23.3 Å². The SMILES string of the molecule is COc1ccc(OCCn2c(-c3cccc(C)c3)nc3sc4c(c3c2=O)CCCC4)cc1. The highest BCUT2D eigenvalue weighted by Crippen LogP contribution is 2.35. The first-order valence-corrected chi connectivity index (χ1v) is 11.8. The Morgan fingerprint density at radius 1 is 1.06 bits per heavy atom. The van der Waals surface area contributed by atoms with Crippen LogP contribution in [0, 0.1) is 6.92 Å². The summed E-state index contributed by atoms with van der Waals surface area (Å²) in [6, 6.07) is 15.7. The fourth-order valence-corrected chi connectivity index (χ4v) is 5.63. The molecule has 2 aromatic carbocycles. The number of ether oxygens (including phenoxy) is 2. The minimum Gasteiger partial charge on any atom is -0.497 e. The lowest BCUT2D eigenvalue weighted by Gasteiger charge is -2.15. The first kappa shape index (κ1) is 20.8. The number of methoxy groups -OCH3 is 1. The lowest BCUT2D eigenvalue weighted by atomic mass is 9.97. The number of nitrogens with zero attached hydrogens (tertiary/aromatic N) is 2. The molecule has 2 heterocycles. The van der Waals surface area contributed by atoms with E-state index in [1.54, 1.807) is 23.0 Å². The number of thiophene rings is 1. The van der Waals surface area contributed by atoms with Crippen molar-refractivity contribution in [2.24, 2.45) is 0 Å². The molecular weight excluding hydrogens is 420 g/mol. The Morgan fingerprint density at radius 3 is 2.62 bits per heavy atom. The number of aromatic nitrogens is 2. The Kier molecular flexibility index (Phi) is 5.70. The van der Waals surface area contributed by atoms with Crippen molar-refractivity contribution in [2.45, 2.75) is 39.2 Å². The van der Waals surface area contributed by atoms with Crippen LogP contribution in [0.15, 0.2) is 53.3 Å². The Morgan fingerprint density at radius 2 is 1.84 bits per heavy atom. The van der Waals surface area contributed by atoms with Crippen molar-refractivity contribution in [3.05, 3.63) is 74.9 Å². The summed E-state index contributed by atoms with van der Waals surface area (Å²) >= 11 is 1.69. The second-order valence-corrected chi connectivity index (χ2v) is 9.26. The normalized spacial score (nSPS) is 13.2. The summed E-state index contributed by atoms with van der Waals surface area (Å²) in [5.41, 5.74) is 3.36. The molecule has 0 unspecified atom stereocenters. The van der Waals surface area contributed by atoms with E-state index in [4.69, 9.17) is 14.5 Å². The Bertz CT molecular complexity index is 1320. The molecule has 0 amide bonds. The van der Waals surface area contributed by atoms with E-state index in [-0.39, 0.29) is 5.56 Å². The van der Waals surface area contributed by atoms with Gasteiger partial charge in [0.2, 0.25) is 0 Å². The second kappa shape index (κ2) is 8.79. The minimum absolute atomic E-state index is 0.0456. The van der Waals surface area contributed by atoms with Crippen molar-refractivity contribution >= 4 is 21.6 Å². The Hall–Kier alpha value is -3.12. The van der Waals surface area contributed by atoms with E-state index in [0.717, 1.165) is 52.1 Å².